The van der Waals surface area contributed by atoms with E-state index in [0.717, 1.165) is 6.54 Å². The van der Waals surface area contributed by atoms with Crippen LogP contribution in [0.25, 0.3) is 0 Å². The number of amides is 1. The number of aliphatic hydroxyl groups excluding tert-OH is 1. The summed E-state index contributed by atoms with van der Waals surface area (Å²) >= 11 is 1.99. The monoisotopic (exact) mass is 245 g/mol. The number of aliphatic hydroxyl groups is 1. The molecule has 0 aliphatic carbocycles. The predicted octanol–water partition coefficient (Wildman–Crippen LogP) is 0.349. The van der Waals surface area contributed by atoms with Crippen molar-refractivity contribution in [2.24, 2.45) is 5.92 Å². The molecule has 1 amide bonds. The Balaban J connectivity index is 1.91. The van der Waals surface area contributed by atoms with Crippen LogP contribution >= 0.6 is 11.8 Å². The highest BCUT2D eigenvalue weighted by molar-refractivity contribution is 7.99. The maximum Gasteiger partial charge on any atom is 0.248 e. The molecule has 5 heteroatoms. The maximum atomic E-state index is 11.7. The molecule has 2 aliphatic heterocycles. The molecule has 1 unspecified atom stereocenters. The van der Waals surface area contributed by atoms with Gasteiger partial charge in [-0.2, -0.15) is 11.8 Å². The minimum Gasteiger partial charge on any atom is -0.394 e. The summed E-state index contributed by atoms with van der Waals surface area (Å²) < 4.78 is 5.15. The average molecular weight is 245 g/mol. The third-order valence-electron chi connectivity index (χ3n) is 3.30. The van der Waals surface area contributed by atoms with Crippen molar-refractivity contribution in [3.8, 4) is 0 Å². The first-order chi connectivity index (χ1) is 7.81. The molecular weight excluding hydrogens is 226 g/mol. The Labute approximate surface area is 100 Å². The number of nitrogens with zero attached hydrogens (tertiary/aromatic N) is 1. The van der Waals surface area contributed by atoms with Gasteiger partial charge in [-0.1, -0.05) is 0 Å². The van der Waals surface area contributed by atoms with Gasteiger partial charge in [0.1, 0.15) is 6.61 Å². The molecule has 2 fully saturated rings. The summed E-state index contributed by atoms with van der Waals surface area (Å²) in [6.45, 7) is 1.46. The van der Waals surface area contributed by atoms with Gasteiger partial charge in [-0.05, 0) is 30.3 Å². The molecule has 92 valence electrons. The minimum absolute atomic E-state index is 0.00715. The summed E-state index contributed by atoms with van der Waals surface area (Å²) in [6, 6.07) is -0.129. The number of hydrogen-bond acceptors (Lipinski definition) is 4. The van der Waals surface area contributed by atoms with Crippen LogP contribution in [-0.4, -0.2) is 59.8 Å². The van der Waals surface area contributed by atoms with E-state index in [-0.39, 0.29) is 25.2 Å². The summed E-state index contributed by atoms with van der Waals surface area (Å²) in [4.78, 5) is 13.5. The molecule has 2 rings (SSSR count). The van der Waals surface area contributed by atoms with E-state index in [1.165, 1.54) is 24.3 Å². The molecule has 2 saturated heterocycles. The van der Waals surface area contributed by atoms with Crippen molar-refractivity contribution in [1.29, 1.82) is 0 Å². The van der Waals surface area contributed by atoms with E-state index >= 15 is 0 Å². The summed E-state index contributed by atoms with van der Waals surface area (Å²) in [5.41, 5.74) is 0. The van der Waals surface area contributed by atoms with Crippen molar-refractivity contribution in [2.45, 2.75) is 18.9 Å². The number of hydrogen-bond donors (Lipinski definition) is 1. The van der Waals surface area contributed by atoms with E-state index in [1.807, 2.05) is 16.7 Å². The summed E-state index contributed by atoms with van der Waals surface area (Å²) in [5, 5.41) is 9.23. The second-order valence-electron chi connectivity index (χ2n) is 4.45. The number of thioether (sulfide) groups is 1. The van der Waals surface area contributed by atoms with Crippen LogP contribution in [0, 0.1) is 5.92 Å². The number of morpholine rings is 1. The smallest absolute Gasteiger partial charge is 0.248 e. The zero-order valence-electron chi connectivity index (χ0n) is 9.43. The third-order valence-corrected chi connectivity index (χ3v) is 4.35. The van der Waals surface area contributed by atoms with Crippen LogP contribution in [0.4, 0.5) is 0 Å². The molecule has 1 atom stereocenters. The first-order valence-corrected chi connectivity index (χ1v) is 7.02. The Kier molecular flexibility index (Phi) is 4.49. The molecule has 0 saturated carbocycles. The van der Waals surface area contributed by atoms with Gasteiger partial charge in [-0.3, -0.25) is 4.79 Å². The molecule has 2 heterocycles. The summed E-state index contributed by atoms with van der Waals surface area (Å²) in [6.07, 6.45) is 2.38. The van der Waals surface area contributed by atoms with Crippen molar-refractivity contribution in [3.63, 3.8) is 0 Å². The van der Waals surface area contributed by atoms with E-state index in [4.69, 9.17) is 4.74 Å². The molecule has 16 heavy (non-hydrogen) atoms. The number of ether oxygens (including phenoxy) is 1. The van der Waals surface area contributed by atoms with Crippen LogP contribution in [0.3, 0.4) is 0 Å². The summed E-state index contributed by atoms with van der Waals surface area (Å²) in [7, 11) is 0. The minimum atomic E-state index is -0.129. The number of rotatable bonds is 3. The fraction of sp³-hybridized carbons (Fsp3) is 0.909. The van der Waals surface area contributed by atoms with Gasteiger partial charge < -0.3 is 14.7 Å². The van der Waals surface area contributed by atoms with Crippen LogP contribution in [0.1, 0.15) is 12.8 Å². The molecule has 1 N–H and O–H groups in total. The van der Waals surface area contributed by atoms with Crippen molar-refractivity contribution in [3.05, 3.63) is 0 Å². The van der Waals surface area contributed by atoms with Gasteiger partial charge in [0, 0.05) is 6.54 Å². The Bertz CT molecular complexity index is 243. The first-order valence-electron chi connectivity index (χ1n) is 5.87. The molecule has 0 spiro atoms. The Hall–Kier alpha value is -0.260. The molecule has 2 aliphatic rings. The quantitative estimate of drug-likeness (QED) is 0.779. The lowest BCUT2D eigenvalue weighted by Gasteiger charge is -2.37. The van der Waals surface area contributed by atoms with Crippen LogP contribution in [0.15, 0.2) is 0 Å². The van der Waals surface area contributed by atoms with Crippen LogP contribution < -0.4 is 0 Å². The largest absolute Gasteiger partial charge is 0.394 e. The molecule has 4 nitrogen and oxygen atoms in total. The van der Waals surface area contributed by atoms with Crippen LogP contribution in [-0.2, 0) is 9.53 Å². The van der Waals surface area contributed by atoms with E-state index < -0.39 is 0 Å². The first kappa shape index (κ1) is 12.2. The standard InChI is InChI=1S/C11H19NO3S/c13-6-10-7-15-8-11(14)12(10)5-9-1-3-16-4-2-9/h9-10,13H,1-8H2. The number of carbonyl (C=O) groups excluding carboxylic acids is 1. The Morgan fingerprint density at radius 1 is 1.44 bits per heavy atom. The molecule has 0 aromatic carbocycles. The normalized spacial score (nSPS) is 28.4. The fourth-order valence-electron chi connectivity index (χ4n) is 2.27. The van der Waals surface area contributed by atoms with Gasteiger partial charge >= 0.3 is 0 Å². The molecule has 0 aromatic heterocycles. The lowest BCUT2D eigenvalue weighted by atomic mass is 10.0. The van der Waals surface area contributed by atoms with E-state index in [2.05, 4.69) is 0 Å². The highest BCUT2D eigenvalue weighted by atomic mass is 32.2. The van der Waals surface area contributed by atoms with Gasteiger partial charge in [-0.25, -0.2) is 0 Å². The van der Waals surface area contributed by atoms with Crippen LogP contribution in [0.5, 0.6) is 0 Å². The third kappa shape index (κ3) is 2.90. The second-order valence-corrected chi connectivity index (χ2v) is 5.68. The van der Waals surface area contributed by atoms with Crippen molar-refractivity contribution in [1.82, 2.24) is 4.90 Å². The SMILES string of the molecule is O=C1COCC(CO)N1CC1CCSCC1. The number of carbonyl (C=O) groups is 1. The lowest BCUT2D eigenvalue weighted by Crippen LogP contribution is -2.52. The average Bonchev–Trinajstić information content (AvgIpc) is 2.33. The van der Waals surface area contributed by atoms with Gasteiger partial charge in [0.2, 0.25) is 5.91 Å². The van der Waals surface area contributed by atoms with E-state index in [1.54, 1.807) is 0 Å². The zero-order valence-corrected chi connectivity index (χ0v) is 10.2. The lowest BCUT2D eigenvalue weighted by molar-refractivity contribution is -0.151. The van der Waals surface area contributed by atoms with E-state index in [9.17, 15) is 9.90 Å². The topological polar surface area (TPSA) is 49.8 Å². The van der Waals surface area contributed by atoms with Gasteiger partial charge in [-0.15, -0.1) is 0 Å². The van der Waals surface area contributed by atoms with Gasteiger partial charge in [0.05, 0.1) is 19.3 Å². The molecule has 0 aromatic rings. The maximum absolute atomic E-state index is 11.7. The zero-order chi connectivity index (χ0) is 11.4. The molecular formula is C11H19NO3S. The predicted molar refractivity (Wildman–Crippen MR) is 63.5 cm³/mol. The van der Waals surface area contributed by atoms with E-state index in [0.29, 0.717) is 12.5 Å². The second kappa shape index (κ2) is 5.89. The highest BCUT2D eigenvalue weighted by Gasteiger charge is 2.30. The van der Waals surface area contributed by atoms with Crippen molar-refractivity contribution in [2.75, 3.05) is 37.9 Å². The molecule has 0 bridgehead atoms. The fourth-order valence-corrected chi connectivity index (χ4v) is 3.47. The van der Waals surface area contributed by atoms with Crippen molar-refractivity contribution < 1.29 is 14.6 Å². The Morgan fingerprint density at radius 3 is 2.88 bits per heavy atom. The van der Waals surface area contributed by atoms with Gasteiger partial charge in [0.15, 0.2) is 0 Å². The van der Waals surface area contributed by atoms with Gasteiger partial charge in [0.25, 0.3) is 0 Å². The van der Waals surface area contributed by atoms with Crippen LogP contribution in [0.2, 0.25) is 0 Å². The Morgan fingerprint density at radius 2 is 2.19 bits per heavy atom. The summed E-state index contributed by atoms with van der Waals surface area (Å²) in [5.74, 6) is 3.04. The highest BCUT2D eigenvalue weighted by Crippen LogP contribution is 2.24. The van der Waals surface area contributed by atoms with Crippen molar-refractivity contribution >= 4 is 17.7 Å². The molecule has 0 radical (unpaired) electrons.